The van der Waals surface area contributed by atoms with Gasteiger partial charge in [0, 0.05) is 11.8 Å². The second-order valence-electron chi connectivity index (χ2n) is 11.0. The highest BCUT2D eigenvalue weighted by molar-refractivity contribution is 5.98. The van der Waals surface area contributed by atoms with Crippen molar-refractivity contribution in [2.75, 3.05) is 12.4 Å². The Hall–Kier alpha value is -5.41. The molecular formula is C30H30F3N7O6. The SMILES string of the molecule is COC(=O)Nc1cnc(-c2ccccc2)n(CC(=O)N[C@@H](C(=O)c2nnc(C(C)(C)c3ccc(C(F)(F)F)cn3)o2)C(C)C)c1=O. The zero-order valence-corrected chi connectivity index (χ0v) is 25.4. The Morgan fingerprint density at radius 2 is 1.70 bits per heavy atom. The number of nitrogens with one attached hydrogen (secondary N) is 2. The second kappa shape index (κ2) is 13.3. The zero-order chi connectivity index (χ0) is 33.8. The number of pyridine rings is 1. The molecule has 2 amide bonds. The van der Waals surface area contributed by atoms with Gasteiger partial charge in [0.25, 0.3) is 11.4 Å². The van der Waals surface area contributed by atoms with Gasteiger partial charge in [-0.15, -0.1) is 10.2 Å². The number of hydrogen-bond acceptors (Lipinski definition) is 10. The number of rotatable bonds is 10. The van der Waals surface area contributed by atoms with E-state index in [2.05, 4.69) is 35.5 Å². The molecule has 3 aromatic heterocycles. The number of ketones is 1. The van der Waals surface area contributed by atoms with Crippen LogP contribution in [0.1, 0.15) is 55.5 Å². The molecule has 0 radical (unpaired) electrons. The van der Waals surface area contributed by atoms with Crippen LogP contribution in [-0.2, 0) is 27.7 Å². The number of alkyl halides is 3. The van der Waals surface area contributed by atoms with E-state index in [0.717, 1.165) is 23.9 Å². The summed E-state index contributed by atoms with van der Waals surface area (Å²) in [6, 6.07) is 9.44. The minimum atomic E-state index is -4.56. The monoisotopic (exact) mass is 641 g/mol. The summed E-state index contributed by atoms with van der Waals surface area (Å²) in [5.74, 6) is -2.35. The molecule has 13 nitrogen and oxygen atoms in total. The molecule has 0 aliphatic heterocycles. The van der Waals surface area contributed by atoms with Crippen molar-refractivity contribution in [3.8, 4) is 11.4 Å². The first-order valence-electron chi connectivity index (χ1n) is 13.8. The Morgan fingerprint density at radius 1 is 1.00 bits per heavy atom. The predicted octanol–water partition coefficient (Wildman–Crippen LogP) is 4.24. The van der Waals surface area contributed by atoms with E-state index < -0.39 is 64.9 Å². The summed E-state index contributed by atoms with van der Waals surface area (Å²) in [6.45, 7) is 5.93. The lowest BCUT2D eigenvalue weighted by Crippen LogP contribution is -2.46. The average Bonchev–Trinajstić information content (AvgIpc) is 3.53. The number of hydrogen-bond donors (Lipinski definition) is 2. The summed E-state index contributed by atoms with van der Waals surface area (Å²) in [5, 5.41) is 12.6. The lowest BCUT2D eigenvalue weighted by molar-refractivity contribution is -0.137. The summed E-state index contributed by atoms with van der Waals surface area (Å²) >= 11 is 0. The van der Waals surface area contributed by atoms with E-state index in [1.165, 1.54) is 6.07 Å². The first kappa shape index (κ1) is 33.5. The third kappa shape index (κ3) is 7.27. The number of carbonyl (C=O) groups is 3. The average molecular weight is 642 g/mol. The van der Waals surface area contributed by atoms with Crippen LogP contribution in [0, 0.1) is 5.92 Å². The molecule has 46 heavy (non-hydrogen) atoms. The van der Waals surface area contributed by atoms with E-state index in [1.54, 1.807) is 58.0 Å². The third-order valence-electron chi connectivity index (χ3n) is 6.97. The molecule has 0 unspecified atom stereocenters. The normalized spacial score (nSPS) is 12.5. The summed E-state index contributed by atoms with van der Waals surface area (Å²) in [4.78, 5) is 60.0. The van der Waals surface area contributed by atoms with E-state index in [-0.39, 0.29) is 23.1 Å². The molecule has 3 heterocycles. The highest BCUT2D eigenvalue weighted by Gasteiger charge is 2.36. The molecule has 0 aliphatic carbocycles. The van der Waals surface area contributed by atoms with E-state index in [4.69, 9.17) is 4.42 Å². The van der Waals surface area contributed by atoms with Crippen molar-refractivity contribution >= 4 is 23.5 Å². The van der Waals surface area contributed by atoms with Crippen molar-refractivity contribution in [3.63, 3.8) is 0 Å². The molecule has 16 heteroatoms. The van der Waals surface area contributed by atoms with E-state index >= 15 is 0 Å². The van der Waals surface area contributed by atoms with Crippen LogP contribution in [0.15, 0.2) is 64.1 Å². The highest BCUT2D eigenvalue weighted by atomic mass is 19.4. The predicted molar refractivity (Wildman–Crippen MR) is 157 cm³/mol. The molecule has 1 atom stereocenters. The minimum Gasteiger partial charge on any atom is -0.453 e. The van der Waals surface area contributed by atoms with Gasteiger partial charge in [0.2, 0.25) is 17.6 Å². The van der Waals surface area contributed by atoms with Crippen molar-refractivity contribution in [1.29, 1.82) is 0 Å². The summed E-state index contributed by atoms with van der Waals surface area (Å²) in [5.41, 5.74) is -2.38. The van der Waals surface area contributed by atoms with Crippen LogP contribution >= 0.6 is 0 Å². The Bertz CT molecular complexity index is 1790. The maximum atomic E-state index is 13.5. The molecule has 0 fully saturated rings. The first-order valence-corrected chi connectivity index (χ1v) is 13.8. The zero-order valence-electron chi connectivity index (χ0n) is 25.4. The second-order valence-corrected chi connectivity index (χ2v) is 11.0. The molecule has 2 N–H and O–H groups in total. The Balaban J connectivity index is 1.58. The number of Topliss-reactive ketones (excluding diaryl/α,β-unsaturated/α-hetero) is 1. The maximum absolute atomic E-state index is 13.5. The van der Waals surface area contributed by atoms with Gasteiger partial charge in [-0.2, -0.15) is 13.2 Å². The van der Waals surface area contributed by atoms with Gasteiger partial charge in [-0.1, -0.05) is 44.2 Å². The highest BCUT2D eigenvalue weighted by Crippen LogP contribution is 2.33. The number of anilines is 1. The molecule has 4 aromatic rings. The van der Waals surface area contributed by atoms with Crippen molar-refractivity contribution < 1.29 is 36.7 Å². The van der Waals surface area contributed by atoms with Crippen LogP contribution in [0.4, 0.5) is 23.7 Å². The number of halogens is 3. The number of nitrogens with zero attached hydrogens (tertiary/aromatic N) is 5. The Labute approximate surface area is 260 Å². The van der Waals surface area contributed by atoms with Gasteiger partial charge in [0.1, 0.15) is 18.1 Å². The van der Waals surface area contributed by atoms with Crippen LogP contribution in [0.2, 0.25) is 0 Å². The maximum Gasteiger partial charge on any atom is 0.417 e. The smallest absolute Gasteiger partial charge is 0.417 e. The number of amides is 2. The molecule has 0 saturated heterocycles. The topological polar surface area (TPSA) is 171 Å². The van der Waals surface area contributed by atoms with Gasteiger partial charge in [-0.05, 0) is 31.9 Å². The number of methoxy groups -OCH3 is 1. The summed E-state index contributed by atoms with van der Waals surface area (Å²) in [7, 11) is 1.12. The molecule has 0 spiro atoms. The van der Waals surface area contributed by atoms with Gasteiger partial charge < -0.3 is 14.5 Å². The van der Waals surface area contributed by atoms with Crippen LogP contribution < -0.4 is 16.2 Å². The van der Waals surface area contributed by atoms with Gasteiger partial charge in [-0.3, -0.25) is 29.3 Å². The molecule has 0 saturated carbocycles. The van der Waals surface area contributed by atoms with Crippen LogP contribution in [-0.4, -0.2) is 55.7 Å². The fraction of sp³-hybridized carbons (Fsp3) is 0.333. The van der Waals surface area contributed by atoms with Crippen molar-refractivity contribution in [1.82, 2.24) is 30.0 Å². The van der Waals surface area contributed by atoms with Crippen molar-refractivity contribution in [2.24, 2.45) is 5.92 Å². The third-order valence-corrected chi connectivity index (χ3v) is 6.97. The largest absolute Gasteiger partial charge is 0.453 e. The van der Waals surface area contributed by atoms with Gasteiger partial charge >= 0.3 is 12.3 Å². The Kier molecular flexibility index (Phi) is 9.68. The van der Waals surface area contributed by atoms with Gasteiger partial charge in [-0.25, -0.2) is 9.78 Å². The van der Waals surface area contributed by atoms with E-state index in [1.807, 2.05) is 0 Å². The standard InChI is InChI=1S/C30H30F3N7O6/c1-16(2)22(23(42)25-38-39-27(46-25)29(3,4)20-12-11-18(13-34-20)30(31,32)33)37-21(41)15-40-24(17-9-7-6-8-10-17)35-14-19(26(40)43)36-28(44)45-5/h6-14,16,22H,15H2,1-5H3,(H,36,44)(H,37,41)/t22-/m1/s1. The van der Waals surface area contributed by atoms with Gasteiger partial charge in [0.15, 0.2) is 0 Å². The fourth-order valence-corrected chi connectivity index (χ4v) is 4.35. The summed E-state index contributed by atoms with van der Waals surface area (Å²) < 4.78 is 50.2. The van der Waals surface area contributed by atoms with E-state index in [0.29, 0.717) is 11.8 Å². The van der Waals surface area contributed by atoms with Crippen molar-refractivity contribution in [2.45, 2.75) is 51.9 Å². The molecule has 0 bridgehead atoms. The van der Waals surface area contributed by atoms with Crippen LogP contribution in [0.25, 0.3) is 11.4 Å². The molecule has 242 valence electrons. The quantitative estimate of drug-likeness (QED) is 0.239. The fourth-order valence-electron chi connectivity index (χ4n) is 4.35. The van der Waals surface area contributed by atoms with Crippen molar-refractivity contribution in [3.05, 3.63) is 88.3 Å². The molecule has 1 aromatic carbocycles. The number of ether oxygens (including phenoxy) is 1. The lowest BCUT2D eigenvalue weighted by Gasteiger charge is -2.21. The van der Waals surface area contributed by atoms with E-state index in [9.17, 15) is 32.3 Å². The lowest BCUT2D eigenvalue weighted by atomic mass is 9.88. The first-order chi connectivity index (χ1) is 21.6. The van der Waals surface area contributed by atoms with Crippen LogP contribution in [0.5, 0.6) is 0 Å². The number of carbonyl (C=O) groups excluding carboxylic acids is 3. The molecule has 4 rings (SSSR count). The number of benzene rings is 1. The number of aromatic nitrogens is 5. The molecular weight excluding hydrogens is 611 g/mol. The molecule has 0 aliphatic rings. The van der Waals surface area contributed by atoms with Crippen LogP contribution in [0.3, 0.4) is 0 Å². The van der Waals surface area contributed by atoms with Gasteiger partial charge in [0.05, 0.1) is 36.0 Å². The Morgan fingerprint density at radius 3 is 2.28 bits per heavy atom. The summed E-state index contributed by atoms with van der Waals surface area (Å²) in [6.07, 6.45) is -3.64. The minimum absolute atomic E-state index is 0.0861.